The van der Waals surface area contributed by atoms with Crippen LogP contribution < -0.4 is 10.1 Å². The number of hydrogen-bond donors (Lipinski definition) is 1. The SMILES string of the molecule is COc1ccc(Br)cc1NC1CCCC(C)C1. The van der Waals surface area contributed by atoms with Gasteiger partial charge in [0.1, 0.15) is 5.75 Å². The highest BCUT2D eigenvalue weighted by Gasteiger charge is 2.19. The van der Waals surface area contributed by atoms with E-state index in [1.165, 1.54) is 25.7 Å². The predicted octanol–water partition coefficient (Wildman–Crippen LogP) is 4.45. The fraction of sp³-hybridized carbons (Fsp3) is 0.571. The van der Waals surface area contributed by atoms with E-state index in [1.54, 1.807) is 7.11 Å². The van der Waals surface area contributed by atoms with Crippen LogP contribution in [0.1, 0.15) is 32.6 Å². The number of benzene rings is 1. The third kappa shape index (κ3) is 3.38. The van der Waals surface area contributed by atoms with Gasteiger partial charge in [0, 0.05) is 10.5 Å². The second kappa shape index (κ2) is 5.76. The van der Waals surface area contributed by atoms with Gasteiger partial charge in [0.15, 0.2) is 0 Å². The average Bonchev–Trinajstić information content (AvgIpc) is 2.29. The zero-order valence-electron chi connectivity index (χ0n) is 10.5. The quantitative estimate of drug-likeness (QED) is 0.890. The Labute approximate surface area is 112 Å². The molecule has 2 atom stereocenters. The zero-order chi connectivity index (χ0) is 12.3. The number of hydrogen-bond acceptors (Lipinski definition) is 2. The molecule has 0 radical (unpaired) electrons. The van der Waals surface area contributed by atoms with Crippen molar-refractivity contribution in [3.8, 4) is 5.75 Å². The average molecular weight is 298 g/mol. The van der Waals surface area contributed by atoms with Crippen molar-refractivity contribution < 1.29 is 4.74 Å². The number of anilines is 1. The molecular weight excluding hydrogens is 278 g/mol. The van der Waals surface area contributed by atoms with E-state index in [1.807, 2.05) is 12.1 Å². The molecule has 0 saturated heterocycles. The summed E-state index contributed by atoms with van der Waals surface area (Å²) in [5.74, 6) is 1.76. The minimum atomic E-state index is 0.585. The summed E-state index contributed by atoms with van der Waals surface area (Å²) in [5.41, 5.74) is 1.10. The molecule has 0 spiro atoms. The van der Waals surface area contributed by atoms with Gasteiger partial charge in [-0.05, 0) is 37.0 Å². The summed E-state index contributed by atoms with van der Waals surface area (Å²) in [6, 6.07) is 6.69. The van der Waals surface area contributed by atoms with Crippen molar-refractivity contribution in [3.05, 3.63) is 22.7 Å². The lowest BCUT2D eigenvalue weighted by atomic mass is 9.87. The summed E-state index contributed by atoms with van der Waals surface area (Å²) in [4.78, 5) is 0. The molecule has 0 bridgehead atoms. The molecule has 0 heterocycles. The molecule has 94 valence electrons. The Morgan fingerprint density at radius 2 is 2.18 bits per heavy atom. The Morgan fingerprint density at radius 3 is 2.88 bits per heavy atom. The second-order valence-electron chi connectivity index (χ2n) is 4.96. The van der Waals surface area contributed by atoms with Gasteiger partial charge in [-0.3, -0.25) is 0 Å². The highest BCUT2D eigenvalue weighted by molar-refractivity contribution is 9.10. The molecule has 0 aromatic heterocycles. The third-order valence-corrected chi connectivity index (χ3v) is 3.95. The van der Waals surface area contributed by atoms with Gasteiger partial charge in [-0.1, -0.05) is 35.7 Å². The van der Waals surface area contributed by atoms with Crippen molar-refractivity contribution in [2.75, 3.05) is 12.4 Å². The first kappa shape index (κ1) is 12.7. The summed E-state index contributed by atoms with van der Waals surface area (Å²) in [6.07, 6.45) is 5.22. The van der Waals surface area contributed by atoms with Crippen LogP contribution >= 0.6 is 15.9 Å². The Morgan fingerprint density at radius 1 is 1.35 bits per heavy atom. The lowest BCUT2D eigenvalue weighted by Crippen LogP contribution is -2.26. The Hall–Kier alpha value is -0.700. The first-order valence-electron chi connectivity index (χ1n) is 6.29. The standard InChI is InChI=1S/C14H20BrNO/c1-10-4-3-5-12(8-10)16-13-9-11(15)6-7-14(13)17-2/h6-7,9-10,12,16H,3-5,8H2,1-2H3. The molecule has 0 aliphatic heterocycles. The molecule has 0 amide bonds. The van der Waals surface area contributed by atoms with Crippen molar-refractivity contribution in [1.82, 2.24) is 0 Å². The fourth-order valence-corrected chi connectivity index (χ4v) is 2.94. The molecule has 1 aromatic rings. The summed E-state index contributed by atoms with van der Waals surface area (Å²) >= 11 is 3.51. The van der Waals surface area contributed by atoms with E-state index in [0.29, 0.717) is 6.04 Å². The third-order valence-electron chi connectivity index (χ3n) is 3.46. The summed E-state index contributed by atoms with van der Waals surface area (Å²) in [6.45, 7) is 2.34. The van der Waals surface area contributed by atoms with Gasteiger partial charge in [0.25, 0.3) is 0 Å². The highest BCUT2D eigenvalue weighted by Crippen LogP contribution is 2.32. The van der Waals surface area contributed by atoms with Crippen LogP contribution in [-0.4, -0.2) is 13.2 Å². The summed E-state index contributed by atoms with van der Waals surface area (Å²) in [7, 11) is 1.72. The predicted molar refractivity (Wildman–Crippen MR) is 75.7 cm³/mol. The molecule has 2 unspecified atom stereocenters. The van der Waals surface area contributed by atoms with Crippen molar-refractivity contribution in [3.63, 3.8) is 0 Å². The molecule has 2 nitrogen and oxygen atoms in total. The maximum Gasteiger partial charge on any atom is 0.142 e. The molecule has 3 heteroatoms. The number of ether oxygens (including phenoxy) is 1. The van der Waals surface area contributed by atoms with E-state index >= 15 is 0 Å². The molecule has 1 aromatic carbocycles. The first-order chi connectivity index (χ1) is 8.19. The molecule has 1 saturated carbocycles. The van der Waals surface area contributed by atoms with Gasteiger partial charge >= 0.3 is 0 Å². The smallest absolute Gasteiger partial charge is 0.142 e. The maximum absolute atomic E-state index is 5.39. The minimum Gasteiger partial charge on any atom is -0.495 e. The van der Waals surface area contributed by atoms with Crippen LogP contribution in [0.2, 0.25) is 0 Å². The fourth-order valence-electron chi connectivity index (χ4n) is 2.58. The van der Waals surface area contributed by atoms with Gasteiger partial charge in [-0.25, -0.2) is 0 Å². The van der Waals surface area contributed by atoms with Crippen LogP contribution in [0.25, 0.3) is 0 Å². The molecule has 1 N–H and O–H groups in total. The van der Waals surface area contributed by atoms with Crippen molar-refractivity contribution in [2.24, 2.45) is 5.92 Å². The lowest BCUT2D eigenvalue weighted by Gasteiger charge is -2.28. The van der Waals surface area contributed by atoms with Crippen LogP contribution in [0, 0.1) is 5.92 Å². The Balaban J connectivity index is 2.08. The topological polar surface area (TPSA) is 21.3 Å². The van der Waals surface area contributed by atoms with Gasteiger partial charge in [0.2, 0.25) is 0 Å². The van der Waals surface area contributed by atoms with Gasteiger partial charge < -0.3 is 10.1 Å². The molecule has 2 rings (SSSR count). The van der Waals surface area contributed by atoms with Crippen molar-refractivity contribution in [1.29, 1.82) is 0 Å². The van der Waals surface area contributed by atoms with Gasteiger partial charge in [-0.2, -0.15) is 0 Å². The first-order valence-corrected chi connectivity index (χ1v) is 7.08. The largest absolute Gasteiger partial charge is 0.495 e. The number of nitrogens with one attached hydrogen (secondary N) is 1. The van der Waals surface area contributed by atoms with Crippen molar-refractivity contribution in [2.45, 2.75) is 38.6 Å². The molecular formula is C14H20BrNO. The lowest BCUT2D eigenvalue weighted by molar-refractivity contribution is 0.357. The highest BCUT2D eigenvalue weighted by atomic mass is 79.9. The normalized spacial score (nSPS) is 24.4. The summed E-state index contributed by atoms with van der Waals surface area (Å²) in [5, 5.41) is 3.62. The van der Waals surface area contributed by atoms with Crippen LogP contribution in [0.4, 0.5) is 5.69 Å². The zero-order valence-corrected chi connectivity index (χ0v) is 12.1. The monoisotopic (exact) mass is 297 g/mol. The van der Waals surface area contributed by atoms with Gasteiger partial charge in [-0.15, -0.1) is 0 Å². The van der Waals surface area contributed by atoms with Gasteiger partial charge in [0.05, 0.1) is 12.8 Å². The van der Waals surface area contributed by atoms with Crippen LogP contribution in [0.15, 0.2) is 22.7 Å². The summed E-state index contributed by atoms with van der Waals surface area (Å²) < 4.78 is 6.47. The van der Waals surface area contributed by atoms with Crippen LogP contribution in [0.3, 0.4) is 0 Å². The van der Waals surface area contributed by atoms with E-state index in [2.05, 4.69) is 34.2 Å². The maximum atomic E-state index is 5.39. The minimum absolute atomic E-state index is 0.585. The Bertz CT molecular complexity index is 380. The van der Waals surface area contributed by atoms with E-state index in [0.717, 1.165) is 21.8 Å². The molecule has 1 aliphatic carbocycles. The number of methoxy groups -OCH3 is 1. The van der Waals surface area contributed by atoms with E-state index in [9.17, 15) is 0 Å². The second-order valence-corrected chi connectivity index (χ2v) is 5.87. The van der Waals surface area contributed by atoms with Crippen LogP contribution in [0.5, 0.6) is 5.75 Å². The van der Waals surface area contributed by atoms with Crippen molar-refractivity contribution >= 4 is 21.6 Å². The molecule has 1 aliphatic rings. The molecule has 17 heavy (non-hydrogen) atoms. The van der Waals surface area contributed by atoms with E-state index in [4.69, 9.17) is 4.74 Å². The van der Waals surface area contributed by atoms with Crippen LogP contribution in [-0.2, 0) is 0 Å². The van der Waals surface area contributed by atoms with E-state index < -0.39 is 0 Å². The molecule has 1 fully saturated rings. The number of rotatable bonds is 3. The van der Waals surface area contributed by atoms with E-state index in [-0.39, 0.29) is 0 Å². The Kier molecular flexibility index (Phi) is 4.32. The number of halogens is 1.